The van der Waals surface area contributed by atoms with E-state index in [4.69, 9.17) is 14.2 Å². The number of hydrogen-bond donors (Lipinski definition) is 1. The Morgan fingerprint density at radius 2 is 1.50 bits per heavy atom. The predicted octanol–water partition coefficient (Wildman–Crippen LogP) is 4.09. The highest BCUT2D eigenvalue weighted by molar-refractivity contribution is 6.02. The zero-order chi connectivity index (χ0) is 24.5. The standard InChI is InChI=1S/C22H18F3N5O4/c1-32-14-6-4-12(5-7-14)17-11-18(22(23,24)25)30-21(27-17)28-19(29-30)20(31)26-13-8-15(33-2)10-16(9-13)34-3/h4-11H,1-3H3,(H,26,31). The summed E-state index contributed by atoms with van der Waals surface area (Å²) in [4.78, 5) is 20.8. The normalized spacial score (nSPS) is 11.4. The van der Waals surface area contributed by atoms with Crippen LogP contribution in [0, 0.1) is 0 Å². The first-order valence-corrected chi connectivity index (χ1v) is 9.75. The predicted molar refractivity (Wildman–Crippen MR) is 115 cm³/mol. The molecule has 12 heteroatoms. The first-order valence-electron chi connectivity index (χ1n) is 9.75. The Morgan fingerprint density at radius 1 is 0.882 bits per heavy atom. The summed E-state index contributed by atoms with van der Waals surface area (Å²) < 4.78 is 57.2. The molecule has 0 aliphatic heterocycles. The maximum absolute atomic E-state index is 13.8. The van der Waals surface area contributed by atoms with Gasteiger partial charge in [0, 0.05) is 29.4 Å². The van der Waals surface area contributed by atoms with E-state index in [-0.39, 0.29) is 17.2 Å². The van der Waals surface area contributed by atoms with Gasteiger partial charge in [-0.2, -0.15) is 22.7 Å². The van der Waals surface area contributed by atoms with Crippen LogP contribution in [-0.4, -0.2) is 46.8 Å². The second-order valence-electron chi connectivity index (χ2n) is 6.96. The summed E-state index contributed by atoms with van der Waals surface area (Å²) >= 11 is 0. The second-order valence-corrected chi connectivity index (χ2v) is 6.96. The van der Waals surface area contributed by atoms with E-state index in [0.717, 1.165) is 6.07 Å². The van der Waals surface area contributed by atoms with Crippen LogP contribution in [0.2, 0.25) is 0 Å². The molecule has 0 radical (unpaired) electrons. The van der Waals surface area contributed by atoms with Crippen molar-refractivity contribution in [1.29, 1.82) is 0 Å². The number of nitrogens with one attached hydrogen (secondary N) is 1. The average molecular weight is 473 g/mol. The molecule has 0 bridgehead atoms. The Morgan fingerprint density at radius 3 is 2.06 bits per heavy atom. The van der Waals surface area contributed by atoms with Crippen molar-refractivity contribution in [3.63, 3.8) is 0 Å². The van der Waals surface area contributed by atoms with Gasteiger partial charge in [-0.05, 0) is 30.3 Å². The van der Waals surface area contributed by atoms with Crippen LogP contribution in [-0.2, 0) is 6.18 Å². The molecule has 0 fully saturated rings. The van der Waals surface area contributed by atoms with Gasteiger partial charge in [0.05, 0.1) is 27.0 Å². The molecule has 1 amide bonds. The molecule has 0 atom stereocenters. The van der Waals surface area contributed by atoms with Gasteiger partial charge in [-0.3, -0.25) is 4.79 Å². The molecule has 34 heavy (non-hydrogen) atoms. The van der Waals surface area contributed by atoms with E-state index in [9.17, 15) is 18.0 Å². The summed E-state index contributed by atoms with van der Waals surface area (Å²) in [6.07, 6.45) is -4.77. The molecular formula is C22H18F3N5O4. The van der Waals surface area contributed by atoms with Gasteiger partial charge >= 0.3 is 6.18 Å². The van der Waals surface area contributed by atoms with Gasteiger partial charge in [0.15, 0.2) is 5.69 Å². The molecule has 2 aromatic heterocycles. The van der Waals surface area contributed by atoms with Crippen LogP contribution in [0.15, 0.2) is 48.5 Å². The maximum atomic E-state index is 13.8. The SMILES string of the molecule is COc1ccc(-c2cc(C(F)(F)F)n3nc(C(=O)Nc4cc(OC)cc(OC)c4)nc3n2)cc1. The number of methoxy groups -OCH3 is 3. The summed E-state index contributed by atoms with van der Waals surface area (Å²) in [5, 5.41) is 6.28. The van der Waals surface area contributed by atoms with Crippen LogP contribution in [0.4, 0.5) is 18.9 Å². The van der Waals surface area contributed by atoms with E-state index in [2.05, 4.69) is 20.4 Å². The number of anilines is 1. The van der Waals surface area contributed by atoms with Gasteiger partial charge in [-0.1, -0.05) is 0 Å². The lowest BCUT2D eigenvalue weighted by Crippen LogP contribution is -2.16. The fourth-order valence-corrected chi connectivity index (χ4v) is 3.14. The Bertz CT molecular complexity index is 1330. The minimum Gasteiger partial charge on any atom is -0.497 e. The van der Waals surface area contributed by atoms with E-state index >= 15 is 0 Å². The summed E-state index contributed by atoms with van der Waals surface area (Å²) in [5.74, 6) is -0.359. The lowest BCUT2D eigenvalue weighted by atomic mass is 10.1. The molecule has 0 spiro atoms. The van der Waals surface area contributed by atoms with Crippen LogP contribution in [0.25, 0.3) is 17.0 Å². The van der Waals surface area contributed by atoms with Crippen molar-refractivity contribution in [2.75, 3.05) is 26.6 Å². The summed E-state index contributed by atoms with van der Waals surface area (Å²) in [6, 6.07) is 11.8. The molecule has 0 aliphatic rings. The van der Waals surface area contributed by atoms with E-state index in [1.54, 1.807) is 30.3 Å². The molecule has 0 aliphatic carbocycles. The molecule has 176 valence electrons. The number of aromatic nitrogens is 4. The number of hydrogen-bond acceptors (Lipinski definition) is 7. The van der Waals surface area contributed by atoms with Crippen LogP contribution in [0.5, 0.6) is 17.2 Å². The number of ether oxygens (including phenoxy) is 3. The number of nitrogens with zero attached hydrogens (tertiary/aromatic N) is 4. The minimum atomic E-state index is -4.77. The number of rotatable bonds is 6. The number of fused-ring (bicyclic) bond motifs is 1. The van der Waals surface area contributed by atoms with Crippen molar-refractivity contribution >= 4 is 17.4 Å². The number of halogens is 3. The third kappa shape index (κ3) is 4.56. The molecule has 1 N–H and O–H groups in total. The highest BCUT2D eigenvalue weighted by Gasteiger charge is 2.36. The van der Waals surface area contributed by atoms with Crippen LogP contribution in [0.3, 0.4) is 0 Å². The highest BCUT2D eigenvalue weighted by Crippen LogP contribution is 2.32. The molecular weight excluding hydrogens is 455 g/mol. The number of alkyl halides is 3. The number of carbonyl (C=O) groups excluding carboxylic acids is 1. The number of amides is 1. The molecule has 2 heterocycles. The zero-order valence-electron chi connectivity index (χ0n) is 18.2. The average Bonchev–Trinajstić information content (AvgIpc) is 3.27. The molecule has 4 aromatic rings. The van der Waals surface area contributed by atoms with Crippen molar-refractivity contribution in [2.24, 2.45) is 0 Å². The molecule has 4 rings (SSSR count). The van der Waals surface area contributed by atoms with Crippen molar-refractivity contribution in [2.45, 2.75) is 6.18 Å². The van der Waals surface area contributed by atoms with Crippen molar-refractivity contribution in [1.82, 2.24) is 19.6 Å². The minimum absolute atomic E-state index is 0.0133. The van der Waals surface area contributed by atoms with Gasteiger partial charge in [0.25, 0.3) is 11.7 Å². The smallest absolute Gasteiger partial charge is 0.433 e. The molecule has 2 aromatic carbocycles. The van der Waals surface area contributed by atoms with E-state index in [0.29, 0.717) is 27.3 Å². The largest absolute Gasteiger partial charge is 0.497 e. The topological polar surface area (TPSA) is 99.9 Å². The first-order chi connectivity index (χ1) is 16.2. The Hall–Kier alpha value is -4.35. The van der Waals surface area contributed by atoms with E-state index < -0.39 is 23.6 Å². The van der Waals surface area contributed by atoms with Crippen LogP contribution < -0.4 is 19.5 Å². The lowest BCUT2D eigenvalue weighted by Gasteiger charge is -2.10. The molecule has 0 saturated heterocycles. The van der Waals surface area contributed by atoms with Gasteiger partial charge in [-0.15, -0.1) is 5.10 Å². The second kappa shape index (κ2) is 8.89. The molecule has 0 saturated carbocycles. The first kappa shape index (κ1) is 22.8. The summed E-state index contributed by atoms with van der Waals surface area (Å²) in [5.41, 5.74) is -0.424. The summed E-state index contributed by atoms with van der Waals surface area (Å²) in [6.45, 7) is 0. The van der Waals surface area contributed by atoms with Gasteiger partial charge in [-0.25, -0.2) is 4.98 Å². The maximum Gasteiger partial charge on any atom is 0.433 e. The zero-order valence-corrected chi connectivity index (χ0v) is 18.2. The van der Waals surface area contributed by atoms with Gasteiger partial charge in [0.1, 0.15) is 17.2 Å². The summed E-state index contributed by atoms with van der Waals surface area (Å²) in [7, 11) is 4.36. The number of benzene rings is 2. The molecule has 9 nitrogen and oxygen atoms in total. The van der Waals surface area contributed by atoms with Crippen molar-refractivity contribution in [3.05, 3.63) is 60.0 Å². The van der Waals surface area contributed by atoms with Gasteiger partial charge in [0.2, 0.25) is 5.82 Å². The Kier molecular flexibility index (Phi) is 5.97. The molecule has 0 unspecified atom stereocenters. The van der Waals surface area contributed by atoms with E-state index in [1.807, 2.05) is 0 Å². The van der Waals surface area contributed by atoms with Crippen LogP contribution in [0.1, 0.15) is 16.3 Å². The quantitative estimate of drug-likeness (QED) is 0.450. The van der Waals surface area contributed by atoms with Crippen molar-refractivity contribution < 1.29 is 32.2 Å². The van der Waals surface area contributed by atoms with Gasteiger partial charge < -0.3 is 19.5 Å². The highest BCUT2D eigenvalue weighted by atomic mass is 19.4. The number of carbonyl (C=O) groups is 1. The van der Waals surface area contributed by atoms with E-state index in [1.165, 1.54) is 33.5 Å². The van der Waals surface area contributed by atoms with Crippen molar-refractivity contribution in [3.8, 4) is 28.5 Å². The van der Waals surface area contributed by atoms with Crippen LogP contribution >= 0.6 is 0 Å². The third-order valence-corrected chi connectivity index (χ3v) is 4.80. The Balaban J connectivity index is 1.74. The fraction of sp³-hybridized carbons (Fsp3) is 0.182. The monoisotopic (exact) mass is 473 g/mol. The fourth-order valence-electron chi connectivity index (χ4n) is 3.14. The lowest BCUT2D eigenvalue weighted by molar-refractivity contribution is -0.142. The third-order valence-electron chi connectivity index (χ3n) is 4.80. The Labute approximate surface area is 191 Å².